The molecule has 0 spiro atoms. The first-order valence-electron chi connectivity index (χ1n) is 8.07. The number of nitrogens with zero attached hydrogens (tertiary/aromatic N) is 1. The van der Waals surface area contributed by atoms with Gasteiger partial charge in [-0.15, -0.1) is 0 Å². The van der Waals surface area contributed by atoms with Crippen LogP contribution in [0.4, 0.5) is 0 Å². The number of carbonyl (C=O) groups is 1. The van der Waals surface area contributed by atoms with Crippen molar-refractivity contribution in [2.75, 3.05) is 32.8 Å². The Morgan fingerprint density at radius 2 is 2.05 bits per heavy atom. The summed E-state index contributed by atoms with van der Waals surface area (Å²) in [5, 5.41) is 6.73. The van der Waals surface area contributed by atoms with Crippen molar-refractivity contribution in [2.24, 2.45) is 0 Å². The summed E-state index contributed by atoms with van der Waals surface area (Å²) in [5.41, 5.74) is 0. The van der Waals surface area contributed by atoms with E-state index < -0.39 is 0 Å². The van der Waals surface area contributed by atoms with E-state index in [1.165, 1.54) is 0 Å². The number of nitrogens with one attached hydrogen (secondary N) is 2. The number of piperazine rings is 1. The van der Waals surface area contributed by atoms with E-state index in [1.54, 1.807) is 0 Å². The Morgan fingerprint density at radius 1 is 1.30 bits per heavy atom. The molecule has 5 heteroatoms. The third-order valence-corrected chi connectivity index (χ3v) is 4.51. The molecule has 2 aliphatic rings. The van der Waals surface area contributed by atoms with Gasteiger partial charge in [0.15, 0.2) is 0 Å². The lowest BCUT2D eigenvalue weighted by Gasteiger charge is -2.39. The van der Waals surface area contributed by atoms with Gasteiger partial charge in [0.2, 0.25) is 5.91 Å². The van der Waals surface area contributed by atoms with Crippen molar-refractivity contribution < 1.29 is 9.53 Å². The van der Waals surface area contributed by atoms with E-state index in [9.17, 15) is 4.79 Å². The van der Waals surface area contributed by atoms with Crippen molar-refractivity contribution in [3.05, 3.63) is 0 Å². The molecular formula is C15H29N3O2. The van der Waals surface area contributed by atoms with E-state index in [2.05, 4.69) is 29.4 Å². The van der Waals surface area contributed by atoms with Crippen LogP contribution < -0.4 is 10.6 Å². The highest BCUT2D eigenvalue weighted by atomic mass is 16.5. The van der Waals surface area contributed by atoms with Gasteiger partial charge in [0.25, 0.3) is 0 Å². The zero-order valence-electron chi connectivity index (χ0n) is 12.9. The summed E-state index contributed by atoms with van der Waals surface area (Å²) in [7, 11) is 0. The fraction of sp³-hybridized carbons (Fsp3) is 0.933. The maximum absolute atomic E-state index is 12.2. The van der Waals surface area contributed by atoms with Gasteiger partial charge in [0.1, 0.15) is 0 Å². The Morgan fingerprint density at radius 3 is 2.70 bits per heavy atom. The molecule has 0 aromatic heterocycles. The van der Waals surface area contributed by atoms with Crippen LogP contribution in [0.15, 0.2) is 0 Å². The summed E-state index contributed by atoms with van der Waals surface area (Å²) in [6.07, 6.45) is 4.10. The lowest BCUT2D eigenvalue weighted by molar-refractivity contribution is -0.124. The molecule has 0 bridgehead atoms. The normalized spacial score (nSPS) is 29.3. The monoisotopic (exact) mass is 283 g/mol. The van der Waals surface area contributed by atoms with Crippen LogP contribution in [-0.2, 0) is 9.53 Å². The smallest absolute Gasteiger partial charge is 0.234 e. The summed E-state index contributed by atoms with van der Waals surface area (Å²) in [4.78, 5) is 14.6. The first kappa shape index (κ1) is 15.7. The predicted octanol–water partition coefficient (Wildman–Crippen LogP) is 0.744. The fourth-order valence-electron chi connectivity index (χ4n) is 3.10. The highest BCUT2D eigenvalue weighted by Crippen LogP contribution is 2.12. The van der Waals surface area contributed by atoms with Crippen molar-refractivity contribution in [3.8, 4) is 0 Å². The van der Waals surface area contributed by atoms with Gasteiger partial charge in [-0.3, -0.25) is 9.69 Å². The van der Waals surface area contributed by atoms with Gasteiger partial charge in [-0.2, -0.15) is 0 Å². The van der Waals surface area contributed by atoms with Gasteiger partial charge in [-0.1, -0.05) is 13.8 Å². The van der Waals surface area contributed by atoms with Crippen LogP contribution in [0.5, 0.6) is 0 Å². The Balaban J connectivity index is 1.80. The molecular weight excluding hydrogens is 254 g/mol. The molecule has 2 heterocycles. The first-order valence-corrected chi connectivity index (χ1v) is 8.07. The summed E-state index contributed by atoms with van der Waals surface area (Å²) in [6, 6.07) is 1.31. The van der Waals surface area contributed by atoms with Crippen molar-refractivity contribution in [3.63, 3.8) is 0 Å². The molecule has 0 aromatic rings. The van der Waals surface area contributed by atoms with Crippen molar-refractivity contribution in [1.29, 1.82) is 0 Å². The predicted molar refractivity (Wildman–Crippen MR) is 79.7 cm³/mol. The minimum atomic E-state index is 0.173. The highest BCUT2D eigenvalue weighted by Gasteiger charge is 2.27. The van der Waals surface area contributed by atoms with E-state index in [-0.39, 0.29) is 5.91 Å². The van der Waals surface area contributed by atoms with Crippen LogP contribution in [0.3, 0.4) is 0 Å². The summed E-state index contributed by atoms with van der Waals surface area (Å²) >= 11 is 0. The van der Waals surface area contributed by atoms with Crippen molar-refractivity contribution in [2.45, 2.75) is 57.7 Å². The number of carbonyl (C=O) groups excluding carboxylic acids is 1. The molecule has 0 radical (unpaired) electrons. The van der Waals surface area contributed by atoms with Gasteiger partial charge < -0.3 is 15.4 Å². The zero-order chi connectivity index (χ0) is 14.4. The number of ether oxygens (including phenoxy) is 1. The Kier molecular flexibility index (Phi) is 6.26. The average Bonchev–Trinajstić information content (AvgIpc) is 2.48. The summed E-state index contributed by atoms with van der Waals surface area (Å²) in [5.74, 6) is 0.173. The van der Waals surface area contributed by atoms with Crippen molar-refractivity contribution in [1.82, 2.24) is 15.5 Å². The lowest BCUT2D eigenvalue weighted by Crippen LogP contribution is -2.58. The van der Waals surface area contributed by atoms with E-state index in [0.29, 0.717) is 24.7 Å². The average molecular weight is 283 g/mol. The number of hydrogen-bond acceptors (Lipinski definition) is 4. The van der Waals surface area contributed by atoms with Gasteiger partial charge >= 0.3 is 0 Å². The summed E-state index contributed by atoms with van der Waals surface area (Å²) in [6.45, 7) is 8.46. The molecule has 2 atom stereocenters. The Labute approximate surface area is 122 Å². The second-order valence-electron chi connectivity index (χ2n) is 5.96. The van der Waals surface area contributed by atoms with E-state index in [1.807, 2.05) is 0 Å². The molecule has 0 saturated carbocycles. The molecule has 0 aromatic carbocycles. The van der Waals surface area contributed by atoms with Gasteiger partial charge in [0.05, 0.1) is 6.54 Å². The standard InChI is InChI=1S/C15H29N3O2/c1-3-12-10-18(14(4-2)9-16-12)11-15(19)17-13-5-7-20-8-6-13/h12-14,16H,3-11H2,1-2H3,(H,17,19). The number of hydrogen-bond donors (Lipinski definition) is 2. The van der Waals surface area contributed by atoms with Crippen LogP contribution in [-0.4, -0.2) is 61.8 Å². The zero-order valence-corrected chi connectivity index (χ0v) is 12.9. The fourth-order valence-corrected chi connectivity index (χ4v) is 3.10. The van der Waals surface area contributed by atoms with Gasteiger partial charge in [0, 0.05) is 44.4 Å². The van der Waals surface area contributed by atoms with E-state index in [0.717, 1.165) is 52.0 Å². The molecule has 20 heavy (non-hydrogen) atoms. The highest BCUT2D eigenvalue weighted by molar-refractivity contribution is 5.78. The summed E-state index contributed by atoms with van der Waals surface area (Å²) < 4.78 is 5.32. The number of amides is 1. The molecule has 1 amide bonds. The van der Waals surface area contributed by atoms with Crippen LogP contribution in [0.1, 0.15) is 39.5 Å². The van der Waals surface area contributed by atoms with Crippen LogP contribution >= 0.6 is 0 Å². The molecule has 2 N–H and O–H groups in total. The maximum Gasteiger partial charge on any atom is 0.234 e. The van der Waals surface area contributed by atoms with Gasteiger partial charge in [-0.25, -0.2) is 0 Å². The minimum absolute atomic E-state index is 0.173. The van der Waals surface area contributed by atoms with E-state index in [4.69, 9.17) is 4.74 Å². The minimum Gasteiger partial charge on any atom is -0.381 e. The molecule has 0 aliphatic carbocycles. The van der Waals surface area contributed by atoms with Crippen LogP contribution in [0.25, 0.3) is 0 Å². The largest absolute Gasteiger partial charge is 0.381 e. The SMILES string of the molecule is CCC1CN(CC(=O)NC2CCOCC2)C(CC)CN1. The second-order valence-corrected chi connectivity index (χ2v) is 5.96. The Hall–Kier alpha value is -0.650. The molecule has 2 aliphatic heterocycles. The molecule has 2 fully saturated rings. The van der Waals surface area contributed by atoms with Crippen LogP contribution in [0, 0.1) is 0 Å². The van der Waals surface area contributed by atoms with Crippen LogP contribution in [0.2, 0.25) is 0 Å². The third kappa shape index (κ3) is 4.43. The first-order chi connectivity index (χ1) is 9.72. The second kappa shape index (κ2) is 7.96. The quantitative estimate of drug-likeness (QED) is 0.781. The maximum atomic E-state index is 12.2. The molecule has 2 saturated heterocycles. The number of rotatable bonds is 5. The molecule has 2 rings (SSSR count). The lowest BCUT2D eigenvalue weighted by atomic mass is 10.0. The molecule has 2 unspecified atom stereocenters. The molecule has 116 valence electrons. The third-order valence-electron chi connectivity index (χ3n) is 4.51. The van der Waals surface area contributed by atoms with Crippen molar-refractivity contribution >= 4 is 5.91 Å². The van der Waals surface area contributed by atoms with E-state index >= 15 is 0 Å². The Bertz CT molecular complexity index is 305. The van der Waals surface area contributed by atoms with Gasteiger partial charge in [-0.05, 0) is 25.7 Å². The topological polar surface area (TPSA) is 53.6 Å². The molecule has 5 nitrogen and oxygen atoms in total.